The molecule has 3 nitrogen and oxygen atoms in total. The molecule has 1 spiro atoms. The monoisotopic (exact) mass is 886 g/mol. The van der Waals surface area contributed by atoms with E-state index in [4.69, 9.17) is 14.4 Å². The summed E-state index contributed by atoms with van der Waals surface area (Å²) in [4.78, 5) is 10.8. The number of fused-ring (bicyclic) bond motifs is 24. The Morgan fingerprint density at radius 3 is 1.63 bits per heavy atom. The van der Waals surface area contributed by atoms with Gasteiger partial charge in [-0.25, -0.2) is 4.98 Å². The van der Waals surface area contributed by atoms with Gasteiger partial charge in [0.05, 0.1) is 16.5 Å². The second kappa shape index (κ2) is 13.9. The number of para-hydroxylation sites is 1. The van der Waals surface area contributed by atoms with E-state index >= 15 is 0 Å². The lowest BCUT2D eigenvalue weighted by Gasteiger charge is -2.32. The third-order valence-corrected chi connectivity index (χ3v) is 15.6. The smallest absolute Gasteiger partial charge is 0.231 e. The minimum Gasteiger partial charge on any atom is -0.438 e. The summed E-state index contributed by atoms with van der Waals surface area (Å²) in [6, 6.07) is 84.7. The number of benzene rings is 12. The maximum absolute atomic E-state index is 6.61. The zero-order chi connectivity index (χ0) is 45.7. The summed E-state index contributed by atoms with van der Waals surface area (Å²) in [6.45, 7) is 0. The van der Waals surface area contributed by atoms with Crippen molar-refractivity contribution in [2.24, 2.45) is 0 Å². The fraction of sp³-hybridized carbons (Fsp3) is 0.0149. The van der Waals surface area contributed by atoms with E-state index in [9.17, 15) is 0 Å². The highest BCUT2D eigenvalue weighted by Gasteiger charge is 2.53. The molecule has 1 unspecified atom stereocenters. The Balaban J connectivity index is 1.01. The molecule has 0 fully saturated rings. The quantitative estimate of drug-likeness (QED) is 0.166. The van der Waals surface area contributed by atoms with E-state index < -0.39 is 5.41 Å². The van der Waals surface area contributed by atoms with Crippen molar-refractivity contribution in [2.45, 2.75) is 5.41 Å². The van der Waals surface area contributed by atoms with Crippen LogP contribution in [0.25, 0.3) is 132 Å². The highest BCUT2D eigenvalue weighted by molar-refractivity contribution is 6.28. The first kappa shape index (κ1) is 37.9. The molecule has 2 aliphatic rings. The molecule has 0 saturated heterocycles. The summed E-state index contributed by atoms with van der Waals surface area (Å²) in [7, 11) is 0. The summed E-state index contributed by atoms with van der Waals surface area (Å²) < 4.78 is 6.61. The number of nitrogens with zero attached hydrogens (tertiary/aromatic N) is 2. The summed E-state index contributed by atoms with van der Waals surface area (Å²) in [6.07, 6.45) is 0. The number of rotatable bonds is 3. The van der Waals surface area contributed by atoms with Gasteiger partial charge in [0.15, 0.2) is 5.82 Å². The van der Waals surface area contributed by atoms with Gasteiger partial charge in [0.25, 0.3) is 0 Å². The molecule has 1 atom stereocenters. The predicted octanol–water partition coefficient (Wildman–Crippen LogP) is 17.5. The highest BCUT2D eigenvalue weighted by Crippen LogP contribution is 2.66. The van der Waals surface area contributed by atoms with Crippen molar-refractivity contribution >= 4 is 75.9 Å². The van der Waals surface area contributed by atoms with E-state index in [1.54, 1.807) is 0 Å². The van der Waals surface area contributed by atoms with Crippen molar-refractivity contribution in [3.63, 3.8) is 0 Å². The molecule has 0 bridgehead atoms. The van der Waals surface area contributed by atoms with Gasteiger partial charge >= 0.3 is 0 Å². The van der Waals surface area contributed by atoms with Gasteiger partial charge in [-0.1, -0.05) is 200 Å². The molecule has 0 radical (unpaired) electrons. The minimum atomic E-state index is -0.633. The summed E-state index contributed by atoms with van der Waals surface area (Å²) in [5, 5.41) is 14.7. The first-order valence-electron chi connectivity index (χ1n) is 24.1. The lowest BCUT2D eigenvalue weighted by Crippen LogP contribution is -2.26. The van der Waals surface area contributed by atoms with E-state index in [-0.39, 0.29) is 0 Å². The maximum Gasteiger partial charge on any atom is 0.231 e. The first-order valence-corrected chi connectivity index (χ1v) is 24.1. The Morgan fingerprint density at radius 1 is 0.314 bits per heavy atom. The SMILES string of the molecule is c1ccc(-c2cccc(-c3nc(-c4ccc5c(c4)-c4ccccc4C54c5cc6c7ccccc7c7ccccc7c6cc5-c5c4c4ccccc4c4ccccc54)nc4oc5ccccc5c34)c2)cc1. The summed E-state index contributed by atoms with van der Waals surface area (Å²) in [5.41, 5.74) is 16.1. The van der Waals surface area contributed by atoms with Crippen molar-refractivity contribution in [3.8, 4) is 56.0 Å². The van der Waals surface area contributed by atoms with Crippen LogP contribution >= 0.6 is 0 Å². The molecule has 3 heteroatoms. The number of aromatic nitrogens is 2. The average molecular weight is 887 g/mol. The van der Waals surface area contributed by atoms with Gasteiger partial charge in [-0.05, 0) is 140 Å². The fourth-order valence-corrected chi connectivity index (χ4v) is 12.8. The third-order valence-electron chi connectivity index (χ3n) is 15.6. The van der Waals surface area contributed by atoms with Gasteiger partial charge < -0.3 is 4.42 Å². The second-order valence-corrected chi connectivity index (χ2v) is 19.1. The molecule has 0 saturated carbocycles. The molecule has 2 aromatic heterocycles. The van der Waals surface area contributed by atoms with Crippen LogP contribution in [0.1, 0.15) is 22.3 Å². The largest absolute Gasteiger partial charge is 0.438 e. The van der Waals surface area contributed by atoms with Gasteiger partial charge in [-0.15, -0.1) is 0 Å². The van der Waals surface area contributed by atoms with Crippen molar-refractivity contribution in [3.05, 3.63) is 253 Å². The van der Waals surface area contributed by atoms with Crippen LogP contribution in [0.4, 0.5) is 0 Å². The molecule has 0 amide bonds. The molecule has 2 heterocycles. The first-order chi connectivity index (χ1) is 34.7. The normalized spacial score (nSPS) is 14.6. The molecular weight excluding hydrogens is 849 g/mol. The van der Waals surface area contributed by atoms with E-state index in [2.05, 4.69) is 218 Å². The zero-order valence-corrected chi connectivity index (χ0v) is 37.7. The van der Waals surface area contributed by atoms with Crippen LogP contribution in [0.2, 0.25) is 0 Å². The Labute approximate surface area is 402 Å². The maximum atomic E-state index is 6.61. The average Bonchev–Trinajstić information content (AvgIpc) is 4.07. The Bertz CT molecular complexity index is 4600. The van der Waals surface area contributed by atoms with E-state index in [0.29, 0.717) is 11.5 Å². The van der Waals surface area contributed by atoms with Crippen LogP contribution in [-0.2, 0) is 5.41 Å². The Kier molecular flexibility index (Phi) is 7.54. The Morgan fingerprint density at radius 2 is 0.871 bits per heavy atom. The molecule has 0 N–H and O–H groups in total. The van der Waals surface area contributed by atoms with Crippen LogP contribution in [0, 0.1) is 0 Å². The molecule has 0 aliphatic heterocycles. The molecule has 16 rings (SSSR count). The molecule has 2 aliphatic carbocycles. The fourth-order valence-electron chi connectivity index (χ4n) is 12.8. The van der Waals surface area contributed by atoms with Crippen molar-refractivity contribution in [2.75, 3.05) is 0 Å². The molecule has 12 aromatic carbocycles. The minimum absolute atomic E-state index is 0.576. The lowest BCUT2D eigenvalue weighted by molar-refractivity contribution is 0.653. The van der Waals surface area contributed by atoms with E-state index in [0.717, 1.165) is 44.3 Å². The van der Waals surface area contributed by atoms with Crippen molar-refractivity contribution in [1.29, 1.82) is 0 Å². The lowest BCUT2D eigenvalue weighted by atomic mass is 9.68. The molecule has 14 aromatic rings. The number of furan rings is 1. The van der Waals surface area contributed by atoms with Crippen LogP contribution in [0.3, 0.4) is 0 Å². The van der Waals surface area contributed by atoms with Crippen LogP contribution in [0.5, 0.6) is 0 Å². The zero-order valence-electron chi connectivity index (χ0n) is 37.7. The topological polar surface area (TPSA) is 38.9 Å². The van der Waals surface area contributed by atoms with Crippen molar-refractivity contribution in [1.82, 2.24) is 9.97 Å². The van der Waals surface area contributed by atoms with Gasteiger partial charge in [0, 0.05) is 16.5 Å². The van der Waals surface area contributed by atoms with Crippen molar-refractivity contribution < 1.29 is 4.42 Å². The Hall–Kier alpha value is -9.18. The second-order valence-electron chi connectivity index (χ2n) is 19.1. The standard InChI is InChI=1S/C67H38N2O/c1-2-17-39(18-3-1)40-19-16-20-41(35-40)64-62-52-30-13-15-32-60(52)70-66(62)69-65(68-64)42-33-34-58-55(36-42)49-27-12-14-31-57(49)67(58)59-38-54-48-26-7-5-22-44(48)43-21-4-6-25-47(43)53(54)37-56(59)61-50-28-10-8-23-45(50)46-24-9-11-29-51(46)63(61)67/h1-38H. The van der Waals surface area contributed by atoms with Crippen LogP contribution in [0.15, 0.2) is 235 Å². The molecular formula is C67H38N2O. The highest BCUT2D eigenvalue weighted by atomic mass is 16.3. The van der Waals surface area contributed by atoms with E-state index in [1.165, 1.54) is 98.4 Å². The summed E-state index contributed by atoms with van der Waals surface area (Å²) in [5.74, 6) is 0.626. The van der Waals surface area contributed by atoms with Gasteiger partial charge in [0.1, 0.15) is 5.58 Å². The van der Waals surface area contributed by atoms with E-state index in [1.807, 2.05) is 12.1 Å². The van der Waals surface area contributed by atoms with Gasteiger partial charge in [0.2, 0.25) is 5.71 Å². The predicted molar refractivity (Wildman–Crippen MR) is 289 cm³/mol. The molecule has 70 heavy (non-hydrogen) atoms. The third kappa shape index (κ3) is 4.92. The van der Waals surface area contributed by atoms with Gasteiger partial charge in [-0.2, -0.15) is 4.98 Å². The van der Waals surface area contributed by atoms with Crippen LogP contribution < -0.4 is 0 Å². The number of hydrogen-bond donors (Lipinski definition) is 0. The van der Waals surface area contributed by atoms with Crippen LogP contribution in [-0.4, -0.2) is 9.97 Å². The number of hydrogen-bond acceptors (Lipinski definition) is 3. The molecule has 322 valence electrons. The summed E-state index contributed by atoms with van der Waals surface area (Å²) >= 11 is 0. The van der Waals surface area contributed by atoms with Gasteiger partial charge in [-0.3, -0.25) is 0 Å².